The third-order valence-electron chi connectivity index (χ3n) is 3.44. The van der Waals surface area contributed by atoms with Gasteiger partial charge in [0.15, 0.2) is 18.3 Å². The van der Waals surface area contributed by atoms with E-state index in [1.54, 1.807) is 0 Å². The van der Waals surface area contributed by atoms with Gasteiger partial charge in [-0.15, -0.1) is 11.8 Å². The normalized spacial score (nSPS) is 26.5. The van der Waals surface area contributed by atoms with Crippen molar-refractivity contribution < 1.29 is 42.9 Å². The molecule has 5 atom stereocenters. The van der Waals surface area contributed by atoms with E-state index in [-0.39, 0.29) is 13.0 Å². The van der Waals surface area contributed by atoms with Gasteiger partial charge in [-0.25, -0.2) is 0 Å². The van der Waals surface area contributed by atoms with Crippen molar-refractivity contribution in [3.63, 3.8) is 0 Å². The lowest BCUT2D eigenvalue weighted by atomic mass is 9.99. The van der Waals surface area contributed by atoms with Gasteiger partial charge in [-0.3, -0.25) is 19.2 Å². The predicted molar refractivity (Wildman–Crippen MR) is 94.6 cm³/mol. The molecule has 1 heterocycles. The standard InChI is InChI=1S/C17H23NO9S/c1-9(19)23-8-13-14(24-10(2)20)15(25-11(3)21)16(26-12(4)22)17(27-13)28-7-5-6-18/h13-17H,5,7-8H2,1-4H3. The molecule has 28 heavy (non-hydrogen) atoms. The Morgan fingerprint density at radius 1 is 0.893 bits per heavy atom. The van der Waals surface area contributed by atoms with Crippen molar-refractivity contribution >= 4 is 35.6 Å². The fourth-order valence-corrected chi connectivity index (χ4v) is 3.61. The fraction of sp³-hybridized carbons (Fsp3) is 0.706. The van der Waals surface area contributed by atoms with E-state index < -0.39 is 53.7 Å². The smallest absolute Gasteiger partial charge is 0.303 e. The lowest BCUT2D eigenvalue weighted by molar-refractivity contribution is -0.237. The third-order valence-corrected chi connectivity index (χ3v) is 4.59. The monoisotopic (exact) mass is 417 g/mol. The molecule has 10 nitrogen and oxygen atoms in total. The molecule has 0 aromatic heterocycles. The summed E-state index contributed by atoms with van der Waals surface area (Å²) in [5.41, 5.74) is -0.839. The second kappa shape index (κ2) is 11.5. The molecule has 0 aromatic carbocycles. The molecule has 1 fully saturated rings. The van der Waals surface area contributed by atoms with Crippen LogP contribution in [0.25, 0.3) is 0 Å². The molecule has 156 valence electrons. The Labute approximate surface area is 166 Å². The van der Waals surface area contributed by atoms with Crippen LogP contribution in [0.4, 0.5) is 0 Å². The number of rotatable bonds is 8. The number of ether oxygens (including phenoxy) is 5. The predicted octanol–water partition coefficient (Wildman–Crippen LogP) is 0.716. The van der Waals surface area contributed by atoms with Crippen LogP contribution in [0.5, 0.6) is 0 Å². The summed E-state index contributed by atoms with van der Waals surface area (Å²) in [6, 6.07) is 1.98. The first-order valence-electron chi connectivity index (χ1n) is 8.44. The first-order chi connectivity index (χ1) is 13.1. The first-order valence-corrected chi connectivity index (χ1v) is 9.49. The van der Waals surface area contributed by atoms with Crippen molar-refractivity contribution in [3.05, 3.63) is 0 Å². The second-order valence-corrected chi connectivity index (χ2v) is 7.05. The fourth-order valence-electron chi connectivity index (χ4n) is 2.54. The molecule has 5 unspecified atom stereocenters. The van der Waals surface area contributed by atoms with Gasteiger partial charge in [-0.2, -0.15) is 5.26 Å². The minimum Gasteiger partial charge on any atom is -0.463 e. The molecule has 1 aliphatic rings. The van der Waals surface area contributed by atoms with E-state index in [0.717, 1.165) is 13.8 Å². The molecule has 0 aliphatic carbocycles. The molecule has 0 aromatic rings. The zero-order valence-electron chi connectivity index (χ0n) is 16.0. The van der Waals surface area contributed by atoms with E-state index in [4.69, 9.17) is 28.9 Å². The number of nitriles is 1. The average molecular weight is 417 g/mol. The van der Waals surface area contributed by atoms with Crippen LogP contribution in [0.1, 0.15) is 34.1 Å². The molecule has 0 bridgehead atoms. The van der Waals surface area contributed by atoms with Gasteiger partial charge in [0.05, 0.1) is 6.07 Å². The highest BCUT2D eigenvalue weighted by Gasteiger charge is 2.52. The van der Waals surface area contributed by atoms with Gasteiger partial charge in [-0.1, -0.05) is 0 Å². The molecular weight excluding hydrogens is 394 g/mol. The summed E-state index contributed by atoms with van der Waals surface area (Å²) in [5, 5.41) is 8.74. The van der Waals surface area contributed by atoms with Gasteiger partial charge in [0.2, 0.25) is 0 Å². The van der Waals surface area contributed by atoms with Gasteiger partial charge in [0, 0.05) is 39.9 Å². The molecule has 0 amide bonds. The van der Waals surface area contributed by atoms with Crippen molar-refractivity contribution in [2.45, 2.75) is 64.0 Å². The summed E-state index contributed by atoms with van der Waals surface area (Å²) in [5.74, 6) is -2.25. The van der Waals surface area contributed by atoms with Crippen LogP contribution in [0, 0.1) is 11.3 Å². The van der Waals surface area contributed by atoms with Gasteiger partial charge >= 0.3 is 23.9 Å². The Morgan fingerprint density at radius 2 is 1.43 bits per heavy atom. The van der Waals surface area contributed by atoms with Crippen LogP contribution in [-0.2, 0) is 42.9 Å². The third kappa shape index (κ3) is 7.74. The van der Waals surface area contributed by atoms with Gasteiger partial charge in [0.25, 0.3) is 0 Å². The van der Waals surface area contributed by atoms with E-state index >= 15 is 0 Å². The van der Waals surface area contributed by atoms with Crippen molar-refractivity contribution in [2.75, 3.05) is 12.4 Å². The van der Waals surface area contributed by atoms with Gasteiger partial charge < -0.3 is 23.7 Å². The zero-order valence-corrected chi connectivity index (χ0v) is 16.9. The van der Waals surface area contributed by atoms with Crippen molar-refractivity contribution in [2.24, 2.45) is 0 Å². The first kappa shape index (κ1) is 23.7. The number of carbonyl (C=O) groups excluding carboxylic acids is 4. The van der Waals surface area contributed by atoms with Crippen molar-refractivity contribution in [3.8, 4) is 6.07 Å². The van der Waals surface area contributed by atoms with Crippen LogP contribution >= 0.6 is 11.8 Å². The van der Waals surface area contributed by atoms with E-state index in [9.17, 15) is 19.2 Å². The molecule has 1 saturated heterocycles. The lowest BCUT2D eigenvalue weighted by Gasteiger charge is -2.44. The summed E-state index contributed by atoms with van der Waals surface area (Å²) in [7, 11) is 0. The highest BCUT2D eigenvalue weighted by Crippen LogP contribution is 2.34. The van der Waals surface area contributed by atoms with Crippen LogP contribution in [0.2, 0.25) is 0 Å². The molecule has 0 radical (unpaired) electrons. The minimum atomic E-state index is -1.18. The van der Waals surface area contributed by atoms with Crippen LogP contribution in [-0.4, -0.2) is 66.1 Å². The summed E-state index contributed by atoms with van der Waals surface area (Å²) >= 11 is 1.17. The molecule has 1 rings (SSSR count). The summed E-state index contributed by atoms with van der Waals surface area (Å²) in [4.78, 5) is 46.0. The van der Waals surface area contributed by atoms with Crippen molar-refractivity contribution in [1.29, 1.82) is 5.26 Å². The number of carbonyl (C=O) groups is 4. The Morgan fingerprint density at radius 3 is 1.93 bits per heavy atom. The molecule has 1 aliphatic heterocycles. The summed E-state index contributed by atoms with van der Waals surface area (Å²) in [6.45, 7) is 4.42. The minimum absolute atomic E-state index is 0.206. The number of hydrogen-bond acceptors (Lipinski definition) is 11. The Hall–Kier alpha value is -2.32. The van der Waals surface area contributed by atoms with Crippen LogP contribution in [0.3, 0.4) is 0 Å². The largest absolute Gasteiger partial charge is 0.463 e. The van der Waals surface area contributed by atoms with E-state index in [2.05, 4.69) is 0 Å². The Kier molecular flexibility index (Phi) is 9.75. The number of esters is 4. The molecule has 0 saturated carbocycles. The molecule has 11 heteroatoms. The Bertz CT molecular complexity index is 633. The van der Waals surface area contributed by atoms with E-state index in [1.807, 2.05) is 6.07 Å². The Balaban J connectivity index is 3.23. The van der Waals surface area contributed by atoms with Gasteiger partial charge in [-0.05, 0) is 0 Å². The summed E-state index contributed by atoms with van der Waals surface area (Å²) < 4.78 is 26.7. The topological polar surface area (TPSA) is 138 Å². The maximum atomic E-state index is 11.6. The van der Waals surface area contributed by atoms with Crippen LogP contribution in [0.15, 0.2) is 0 Å². The maximum absolute atomic E-state index is 11.6. The van der Waals surface area contributed by atoms with Crippen LogP contribution < -0.4 is 0 Å². The quantitative estimate of drug-likeness (QED) is 0.313. The number of nitrogens with zero attached hydrogens (tertiary/aromatic N) is 1. The second-order valence-electron chi connectivity index (χ2n) is 5.85. The van der Waals surface area contributed by atoms with Crippen molar-refractivity contribution in [1.82, 2.24) is 0 Å². The SMILES string of the molecule is CC(=O)OCC1OC(SCCC#N)C(OC(C)=O)C(OC(C)=O)C1OC(C)=O. The molecule has 0 spiro atoms. The molecule has 0 N–H and O–H groups in total. The lowest BCUT2D eigenvalue weighted by Crippen LogP contribution is -2.61. The van der Waals surface area contributed by atoms with E-state index in [1.165, 1.54) is 25.6 Å². The highest BCUT2D eigenvalue weighted by molar-refractivity contribution is 7.99. The number of hydrogen-bond donors (Lipinski definition) is 0. The summed E-state index contributed by atoms with van der Waals surface area (Å²) in [6.07, 6.45) is -4.21. The maximum Gasteiger partial charge on any atom is 0.303 e. The molecular formula is C17H23NO9S. The highest BCUT2D eigenvalue weighted by atomic mass is 32.2. The average Bonchev–Trinajstić information content (AvgIpc) is 2.57. The van der Waals surface area contributed by atoms with E-state index in [0.29, 0.717) is 5.75 Å². The number of thioether (sulfide) groups is 1. The zero-order chi connectivity index (χ0) is 21.3. The van der Waals surface area contributed by atoms with Gasteiger partial charge in [0.1, 0.15) is 18.1 Å².